The first-order valence-corrected chi connectivity index (χ1v) is 6.65. The Labute approximate surface area is 112 Å². The molecule has 0 bridgehead atoms. The normalized spacial score (nSPS) is 27.2. The zero-order valence-electron chi connectivity index (χ0n) is 10.6. The van der Waals surface area contributed by atoms with Crippen molar-refractivity contribution >= 4 is 6.03 Å². The fourth-order valence-electron chi connectivity index (χ4n) is 2.94. The van der Waals surface area contributed by atoms with Crippen molar-refractivity contribution in [1.29, 1.82) is 5.26 Å². The van der Waals surface area contributed by atoms with Crippen LogP contribution in [0.4, 0.5) is 4.79 Å². The van der Waals surface area contributed by atoms with Crippen molar-refractivity contribution in [2.24, 2.45) is 11.8 Å². The molecular weight excluding hydrogens is 240 g/mol. The Morgan fingerprint density at radius 3 is 3.05 bits per heavy atom. The Morgan fingerprint density at radius 1 is 1.53 bits per heavy atom. The zero-order chi connectivity index (χ0) is 13.2. The van der Waals surface area contributed by atoms with E-state index >= 15 is 0 Å². The van der Waals surface area contributed by atoms with Crippen molar-refractivity contribution < 1.29 is 4.79 Å². The van der Waals surface area contributed by atoms with Gasteiger partial charge in [-0.3, -0.25) is 0 Å². The number of fused-ring (bicyclic) bond motifs is 1. The molecule has 2 aliphatic carbocycles. The van der Waals surface area contributed by atoms with Crippen LogP contribution in [0.5, 0.6) is 0 Å². The summed E-state index contributed by atoms with van der Waals surface area (Å²) in [6.07, 6.45) is 5.30. The van der Waals surface area contributed by atoms with Crippen molar-refractivity contribution in [3.8, 4) is 6.07 Å². The lowest BCUT2D eigenvalue weighted by atomic mass is 9.56. The van der Waals surface area contributed by atoms with E-state index in [-0.39, 0.29) is 6.03 Å². The van der Waals surface area contributed by atoms with E-state index in [4.69, 9.17) is 5.26 Å². The second-order valence-corrected chi connectivity index (χ2v) is 5.33. The topological polar surface area (TPSA) is 77.8 Å². The van der Waals surface area contributed by atoms with Crippen molar-refractivity contribution in [2.75, 3.05) is 0 Å². The van der Waals surface area contributed by atoms with Crippen molar-refractivity contribution in [1.82, 2.24) is 15.6 Å². The monoisotopic (exact) mass is 256 g/mol. The molecule has 1 aromatic heterocycles. The van der Waals surface area contributed by atoms with Crippen molar-refractivity contribution in [3.63, 3.8) is 0 Å². The SMILES string of the molecule is N#Cc1cc(CNC(=O)N[C@H]2CC3CCC32)ccn1. The first kappa shape index (κ1) is 12.0. The maximum Gasteiger partial charge on any atom is 0.315 e. The summed E-state index contributed by atoms with van der Waals surface area (Å²) >= 11 is 0. The van der Waals surface area contributed by atoms with Gasteiger partial charge in [0.2, 0.25) is 0 Å². The van der Waals surface area contributed by atoms with Crippen LogP contribution in [0.3, 0.4) is 0 Å². The summed E-state index contributed by atoms with van der Waals surface area (Å²) < 4.78 is 0. The maximum atomic E-state index is 11.7. The summed E-state index contributed by atoms with van der Waals surface area (Å²) in [5.74, 6) is 1.58. The average Bonchev–Trinajstić information content (AvgIpc) is 2.42. The number of amides is 2. The van der Waals surface area contributed by atoms with Crippen LogP contribution in [-0.2, 0) is 6.54 Å². The largest absolute Gasteiger partial charge is 0.335 e. The molecule has 1 heterocycles. The minimum absolute atomic E-state index is 0.120. The Morgan fingerprint density at radius 2 is 2.42 bits per heavy atom. The van der Waals surface area contributed by atoms with Gasteiger partial charge in [0.05, 0.1) is 0 Å². The highest BCUT2D eigenvalue weighted by atomic mass is 16.2. The van der Waals surface area contributed by atoms with Crippen LogP contribution in [0.2, 0.25) is 0 Å². The summed E-state index contributed by atoms with van der Waals surface area (Å²) in [7, 11) is 0. The number of hydrogen-bond donors (Lipinski definition) is 2. The molecule has 2 N–H and O–H groups in total. The second kappa shape index (κ2) is 4.88. The van der Waals surface area contributed by atoms with Crippen molar-refractivity contribution in [2.45, 2.75) is 31.8 Å². The molecule has 2 saturated carbocycles. The van der Waals surface area contributed by atoms with E-state index in [0.717, 1.165) is 23.8 Å². The predicted octanol–water partition coefficient (Wildman–Crippen LogP) is 1.55. The molecule has 0 spiro atoms. The average molecular weight is 256 g/mol. The summed E-state index contributed by atoms with van der Waals surface area (Å²) in [5, 5.41) is 14.6. The molecule has 3 rings (SSSR count). The number of aromatic nitrogens is 1. The van der Waals surface area contributed by atoms with E-state index in [2.05, 4.69) is 15.6 Å². The Balaban J connectivity index is 1.46. The van der Waals surface area contributed by atoms with Crippen LogP contribution in [-0.4, -0.2) is 17.1 Å². The Bertz CT molecular complexity index is 536. The zero-order valence-corrected chi connectivity index (χ0v) is 10.6. The molecule has 3 atom stereocenters. The fraction of sp³-hybridized carbons (Fsp3) is 0.500. The van der Waals surface area contributed by atoms with E-state index in [1.165, 1.54) is 12.8 Å². The molecule has 1 aromatic rings. The summed E-state index contributed by atoms with van der Waals surface area (Å²) in [6.45, 7) is 0.420. The summed E-state index contributed by atoms with van der Waals surface area (Å²) in [5.41, 5.74) is 1.26. The highest BCUT2D eigenvalue weighted by molar-refractivity contribution is 5.74. The standard InChI is InChI=1S/C14H16N4O/c15-7-11-5-9(3-4-16-11)8-17-14(19)18-13-6-10-1-2-12(10)13/h3-5,10,12-13H,1-2,6,8H2,(H2,17,18,19)/t10?,12?,13-/m0/s1. The number of nitrogens with one attached hydrogen (secondary N) is 2. The number of pyridine rings is 1. The third-order valence-electron chi connectivity index (χ3n) is 4.26. The molecule has 5 heteroatoms. The van der Waals surface area contributed by atoms with E-state index in [1.807, 2.05) is 6.07 Å². The fourth-order valence-corrected chi connectivity index (χ4v) is 2.94. The molecule has 0 saturated heterocycles. The molecule has 0 aliphatic heterocycles. The molecule has 2 fully saturated rings. The molecule has 0 radical (unpaired) electrons. The van der Waals surface area contributed by atoms with Gasteiger partial charge in [0.1, 0.15) is 11.8 Å². The van der Waals surface area contributed by atoms with E-state index in [9.17, 15) is 4.79 Å². The molecule has 2 aliphatic rings. The molecule has 19 heavy (non-hydrogen) atoms. The molecule has 98 valence electrons. The lowest BCUT2D eigenvalue weighted by Crippen LogP contribution is -2.58. The van der Waals surface area contributed by atoms with Gasteiger partial charge < -0.3 is 10.6 Å². The Kier molecular flexibility index (Phi) is 3.08. The van der Waals surface area contributed by atoms with Gasteiger partial charge >= 0.3 is 6.03 Å². The number of rotatable bonds is 3. The van der Waals surface area contributed by atoms with Gasteiger partial charge in [0, 0.05) is 18.8 Å². The summed E-state index contributed by atoms with van der Waals surface area (Å²) in [4.78, 5) is 15.6. The predicted molar refractivity (Wildman–Crippen MR) is 68.9 cm³/mol. The number of carbonyl (C=O) groups excluding carboxylic acids is 1. The van der Waals surface area contributed by atoms with Gasteiger partial charge in [-0.05, 0) is 48.8 Å². The third kappa shape index (κ3) is 2.39. The van der Waals surface area contributed by atoms with Gasteiger partial charge in [0.15, 0.2) is 0 Å². The third-order valence-corrected chi connectivity index (χ3v) is 4.26. The molecule has 0 aromatic carbocycles. The Hall–Kier alpha value is -2.09. The molecule has 5 nitrogen and oxygen atoms in total. The van der Waals surface area contributed by atoms with Crippen LogP contribution in [0.15, 0.2) is 18.3 Å². The number of urea groups is 1. The quantitative estimate of drug-likeness (QED) is 0.861. The highest BCUT2D eigenvalue weighted by Crippen LogP contribution is 2.49. The molecular formula is C14H16N4O. The van der Waals surface area contributed by atoms with Gasteiger partial charge in [-0.15, -0.1) is 0 Å². The van der Waals surface area contributed by atoms with Gasteiger partial charge in [-0.2, -0.15) is 5.26 Å². The smallest absolute Gasteiger partial charge is 0.315 e. The van der Waals surface area contributed by atoms with Gasteiger partial charge in [-0.25, -0.2) is 9.78 Å². The van der Waals surface area contributed by atoms with Crippen LogP contribution in [0.25, 0.3) is 0 Å². The van der Waals surface area contributed by atoms with Crippen LogP contribution in [0.1, 0.15) is 30.5 Å². The first-order chi connectivity index (χ1) is 9.26. The summed E-state index contributed by atoms with van der Waals surface area (Å²) in [6, 6.07) is 5.72. The van der Waals surface area contributed by atoms with Crippen LogP contribution >= 0.6 is 0 Å². The lowest BCUT2D eigenvalue weighted by Gasteiger charge is -2.53. The van der Waals surface area contributed by atoms with E-state index < -0.39 is 0 Å². The van der Waals surface area contributed by atoms with Crippen LogP contribution < -0.4 is 10.6 Å². The first-order valence-electron chi connectivity index (χ1n) is 6.65. The molecule has 2 amide bonds. The highest BCUT2D eigenvalue weighted by Gasteiger charge is 2.47. The number of hydrogen-bond acceptors (Lipinski definition) is 3. The second-order valence-electron chi connectivity index (χ2n) is 5.33. The number of carbonyl (C=O) groups is 1. The van der Waals surface area contributed by atoms with E-state index in [1.54, 1.807) is 18.3 Å². The van der Waals surface area contributed by atoms with Gasteiger partial charge in [0.25, 0.3) is 0 Å². The van der Waals surface area contributed by atoms with E-state index in [0.29, 0.717) is 18.3 Å². The maximum absolute atomic E-state index is 11.7. The lowest BCUT2D eigenvalue weighted by molar-refractivity contribution is 0.0113. The minimum atomic E-state index is -0.120. The molecule has 2 unspecified atom stereocenters. The van der Waals surface area contributed by atoms with Crippen molar-refractivity contribution in [3.05, 3.63) is 29.6 Å². The number of nitrogens with zero attached hydrogens (tertiary/aromatic N) is 2. The van der Waals surface area contributed by atoms with Crippen LogP contribution in [0, 0.1) is 23.2 Å². The minimum Gasteiger partial charge on any atom is -0.335 e. The van der Waals surface area contributed by atoms with Gasteiger partial charge in [-0.1, -0.05) is 0 Å². The number of nitriles is 1.